The van der Waals surface area contributed by atoms with Gasteiger partial charge in [0.25, 0.3) is 0 Å². The zero-order chi connectivity index (χ0) is 37.6. The third-order valence-electron chi connectivity index (χ3n) is 11.4. The first kappa shape index (κ1) is 37.4. The summed E-state index contributed by atoms with van der Waals surface area (Å²) < 4.78 is 17.5. The average molecular weight is 743 g/mol. The lowest BCUT2D eigenvalue weighted by Crippen LogP contribution is -2.53. The second kappa shape index (κ2) is 15.1. The van der Waals surface area contributed by atoms with E-state index in [-0.39, 0.29) is 36.6 Å². The maximum absolute atomic E-state index is 14.0. The van der Waals surface area contributed by atoms with Gasteiger partial charge in [-0.25, -0.2) is 4.79 Å². The number of methoxy groups -OCH3 is 1. The van der Waals surface area contributed by atoms with Crippen LogP contribution in [0.25, 0.3) is 0 Å². The van der Waals surface area contributed by atoms with Gasteiger partial charge in [0.05, 0.1) is 25.7 Å². The zero-order valence-electron chi connectivity index (χ0n) is 32.3. The van der Waals surface area contributed by atoms with Gasteiger partial charge in [-0.15, -0.1) is 0 Å². The molecule has 9 nitrogen and oxygen atoms in total. The largest absolute Gasteiger partial charge is 0.493 e. The number of carbonyl (C=O) groups excluding carboxylic acids is 2. The Kier molecular flexibility index (Phi) is 10.6. The minimum atomic E-state index is -0.462. The van der Waals surface area contributed by atoms with E-state index in [9.17, 15) is 9.59 Å². The van der Waals surface area contributed by atoms with E-state index in [4.69, 9.17) is 25.8 Å². The van der Waals surface area contributed by atoms with Gasteiger partial charge in [-0.05, 0) is 138 Å². The number of halogens is 1. The van der Waals surface area contributed by atoms with Crippen LogP contribution < -0.4 is 19.3 Å². The molecule has 0 aromatic heterocycles. The van der Waals surface area contributed by atoms with E-state index >= 15 is 0 Å². The number of amides is 2. The van der Waals surface area contributed by atoms with Crippen molar-refractivity contribution in [2.45, 2.75) is 109 Å². The molecule has 3 heterocycles. The molecule has 2 bridgehead atoms. The topological polar surface area (TPSA) is 74.8 Å². The number of piperazine rings is 1. The SMILES string of the molecule is COc1cc2c(cc1OC(C)C)C(c1ccc(Cl)cc1)N(c1ccc(N(C)CC3CCC(N4CC5CC4CN5C(=O)OC(C)(C)C)CC3)cc1)C(=O)C2. The molecule has 3 aromatic carbocycles. The number of hydrogen-bond donors (Lipinski definition) is 0. The summed E-state index contributed by atoms with van der Waals surface area (Å²) >= 11 is 6.31. The number of rotatable bonds is 9. The second-order valence-corrected chi connectivity index (χ2v) is 17.1. The Morgan fingerprint density at radius 1 is 0.925 bits per heavy atom. The fourth-order valence-electron chi connectivity index (χ4n) is 9.04. The Morgan fingerprint density at radius 2 is 1.62 bits per heavy atom. The van der Waals surface area contributed by atoms with Crippen molar-refractivity contribution in [3.8, 4) is 11.5 Å². The lowest BCUT2D eigenvalue weighted by molar-refractivity contribution is -0.118. The predicted molar refractivity (Wildman–Crippen MR) is 211 cm³/mol. The van der Waals surface area contributed by atoms with Gasteiger partial charge < -0.3 is 28.9 Å². The number of carbonyl (C=O) groups is 2. The molecule has 10 heteroatoms. The van der Waals surface area contributed by atoms with Crippen LogP contribution in [0, 0.1) is 5.92 Å². The average Bonchev–Trinajstić information content (AvgIpc) is 3.73. The summed E-state index contributed by atoms with van der Waals surface area (Å²) in [7, 11) is 3.81. The van der Waals surface area contributed by atoms with E-state index in [0.717, 1.165) is 54.1 Å². The maximum atomic E-state index is 14.0. The van der Waals surface area contributed by atoms with Crippen LogP contribution in [-0.2, 0) is 16.0 Å². The van der Waals surface area contributed by atoms with Gasteiger partial charge in [0.1, 0.15) is 5.60 Å². The first-order valence-electron chi connectivity index (χ1n) is 19.3. The molecule has 3 fully saturated rings. The van der Waals surface area contributed by atoms with Gasteiger partial charge >= 0.3 is 6.09 Å². The molecular formula is C43H55ClN4O5. The van der Waals surface area contributed by atoms with Gasteiger partial charge in [0.15, 0.2) is 11.5 Å². The third-order valence-corrected chi connectivity index (χ3v) is 11.7. The third kappa shape index (κ3) is 7.97. The van der Waals surface area contributed by atoms with E-state index in [2.05, 4.69) is 41.1 Å². The van der Waals surface area contributed by atoms with Crippen LogP contribution in [0.2, 0.25) is 5.02 Å². The normalized spacial score (nSPS) is 24.4. The quantitative estimate of drug-likeness (QED) is 0.218. The lowest BCUT2D eigenvalue weighted by Gasteiger charge is -2.42. The maximum Gasteiger partial charge on any atom is 0.410 e. The summed E-state index contributed by atoms with van der Waals surface area (Å²) in [6.45, 7) is 12.5. The van der Waals surface area contributed by atoms with Gasteiger partial charge in [0, 0.05) is 61.2 Å². The van der Waals surface area contributed by atoms with Crippen LogP contribution in [0.1, 0.15) is 89.5 Å². The van der Waals surface area contributed by atoms with Crippen molar-refractivity contribution in [1.82, 2.24) is 9.80 Å². The molecule has 1 aliphatic carbocycles. The highest BCUT2D eigenvalue weighted by molar-refractivity contribution is 6.30. The number of fused-ring (bicyclic) bond motifs is 3. The molecule has 3 atom stereocenters. The molecular weight excluding hydrogens is 688 g/mol. The number of nitrogens with zero attached hydrogens (tertiary/aromatic N) is 4. The van der Waals surface area contributed by atoms with E-state index in [1.54, 1.807) is 7.11 Å². The van der Waals surface area contributed by atoms with Gasteiger partial charge in [0.2, 0.25) is 5.91 Å². The van der Waals surface area contributed by atoms with Crippen molar-refractivity contribution in [2.75, 3.05) is 43.6 Å². The number of hydrogen-bond acceptors (Lipinski definition) is 7. The molecule has 0 N–H and O–H groups in total. The fraction of sp³-hybridized carbons (Fsp3) is 0.535. The van der Waals surface area contributed by atoms with Crippen LogP contribution in [0.4, 0.5) is 16.2 Å². The van der Waals surface area contributed by atoms with Gasteiger partial charge in [-0.1, -0.05) is 23.7 Å². The van der Waals surface area contributed by atoms with E-state index in [0.29, 0.717) is 34.5 Å². The highest BCUT2D eigenvalue weighted by Gasteiger charge is 2.48. The number of ether oxygens (including phenoxy) is 3. The number of likely N-dealkylation sites (tertiary alicyclic amines) is 2. The Labute approximate surface area is 320 Å². The van der Waals surface area contributed by atoms with Gasteiger partial charge in [-0.3, -0.25) is 9.69 Å². The van der Waals surface area contributed by atoms with Crippen molar-refractivity contribution in [3.05, 3.63) is 82.4 Å². The highest BCUT2D eigenvalue weighted by Crippen LogP contribution is 2.44. The van der Waals surface area contributed by atoms with Crippen LogP contribution in [0.3, 0.4) is 0 Å². The van der Waals surface area contributed by atoms with E-state index in [1.807, 2.05) is 80.8 Å². The van der Waals surface area contributed by atoms with Crippen molar-refractivity contribution in [1.29, 1.82) is 0 Å². The Hall–Kier alpha value is -3.95. The molecule has 2 saturated heterocycles. The Bertz CT molecular complexity index is 1780. The van der Waals surface area contributed by atoms with Crippen molar-refractivity contribution in [2.24, 2.45) is 5.92 Å². The lowest BCUT2D eigenvalue weighted by atomic mass is 9.84. The van der Waals surface area contributed by atoms with Crippen molar-refractivity contribution >= 4 is 35.0 Å². The fourth-order valence-corrected chi connectivity index (χ4v) is 9.16. The molecule has 0 spiro atoms. The predicted octanol–water partition coefficient (Wildman–Crippen LogP) is 8.50. The Balaban J connectivity index is 1.01. The van der Waals surface area contributed by atoms with Crippen LogP contribution >= 0.6 is 11.6 Å². The minimum Gasteiger partial charge on any atom is -0.493 e. The first-order valence-corrected chi connectivity index (χ1v) is 19.7. The standard InChI is InChI=1S/C43H55ClN4O5/c1-27(2)52-39-23-37-30(20-38(39)51-7)21-40(49)48(41(37)29-10-12-31(44)13-11-29)34-18-16-32(17-19-34)45(6)24-28-8-14-33(15-9-28)46-25-36-22-35(46)26-47(36)42(50)53-43(3,4)5/h10-13,16-20,23,27-28,33,35-36,41H,8-9,14-15,21-22,24-26H2,1-7H3. The molecule has 4 aliphatic rings. The smallest absolute Gasteiger partial charge is 0.410 e. The highest BCUT2D eigenvalue weighted by atomic mass is 35.5. The first-order chi connectivity index (χ1) is 25.3. The summed E-state index contributed by atoms with van der Waals surface area (Å²) in [4.78, 5) is 35.7. The van der Waals surface area contributed by atoms with Gasteiger partial charge in [-0.2, -0.15) is 0 Å². The molecule has 3 unspecified atom stereocenters. The molecule has 1 saturated carbocycles. The summed E-state index contributed by atoms with van der Waals surface area (Å²) in [6, 6.07) is 21.2. The van der Waals surface area contributed by atoms with Crippen molar-refractivity contribution in [3.63, 3.8) is 0 Å². The van der Waals surface area contributed by atoms with Crippen LogP contribution in [-0.4, -0.2) is 85.4 Å². The molecule has 284 valence electrons. The zero-order valence-corrected chi connectivity index (χ0v) is 33.1. The summed E-state index contributed by atoms with van der Waals surface area (Å²) in [5.41, 5.74) is 4.46. The molecule has 3 aromatic rings. The molecule has 2 amide bonds. The number of anilines is 2. The molecule has 3 aliphatic heterocycles. The molecule has 0 radical (unpaired) electrons. The van der Waals surface area contributed by atoms with E-state index < -0.39 is 5.60 Å². The van der Waals surface area contributed by atoms with Crippen LogP contribution in [0.5, 0.6) is 11.5 Å². The minimum absolute atomic E-state index is 0.0265. The Morgan fingerprint density at radius 3 is 2.23 bits per heavy atom. The molecule has 53 heavy (non-hydrogen) atoms. The summed E-state index contributed by atoms with van der Waals surface area (Å²) in [5.74, 6) is 1.95. The second-order valence-electron chi connectivity index (χ2n) is 16.7. The monoisotopic (exact) mass is 742 g/mol. The summed E-state index contributed by atoms with van der Waals surface area (Å²) in [5, 5.41) is 0.650. The summed E-state index contributed by atoms with van der Waals surface area (Å²) in [6.07, 6.45) is 5.95. The van der Waals surface area contributed by atoms with Crippen molar-refractivity contribution < 1.29 is 23.8 Å². The van der Waals surface area contributed by atoms with E-state index in [1.165, 1.54) is 25.7 Å². The number of benzene rings is 3. The van der Waals surface area contributed by atoms with Crippen LogP contribution in [0.15, 0.2) is 60.7 Å². The molecule has 7 rings (SSSR count).